The number of nitrogens with one attached hydrogen (secondary N) is 1. The first kappa shape index (κ1) is 19.2. The number of amides is 1. The van der Waals surface area contributed by atoms with E-state index in [1.807, 2.05) is 0 Å². The van der Waals surface area contributed by atoms with Gasteiger partial charge >= 0.3 is 5.51 Å². The second kappa shape index (κ2) is 6.89. The minimum atomic E-state index is -5.82. The molecule has 144 valence electrons. The van der Waals surface area contributed by atoms with Crippen molar-refractivity contribution in [1.29, 1.82) is 0 Å². The highest BCUT2D eigenvalue weighted by atomic mass is 35.5. The molecule has 0 saturated heterocycles. The van der Waals surface area contributed by atoms with E-state index in [1.54, 1.807) is 0 Å². The van der Waals surface area contributed by atoms with Crippen molar-refractivity contribution in [2.75, 3.05) is 18.5 Å². The Kier molecular flexibility index (Phi) is 4.91. The maximum atomic E-state index is 12.8. The van der Waals surface area contributed by atoms with Gasteiger partial charge in [-0.1, -0.05) is 11.6 Å². The van der Waals surface area contributed by atoms with Crippen molar-refractivity contribution in [3.05, 3.63) is 41.0 Å². The SMILES string of the molecule is O=C(Nc1cc2c(cc1Cl)OCCO2)c1cccnc1S(=O)(=O)C(F)(F)F. The normalized spacial score (nSPS) is 13.9. The molecule has 0 saturated carbocycles. The first-order valence-corrected chi connectivity index (χ1v) is 9.14. The lowest BCUT2D eigenvalue weighted by molar-refractivity contribution is -0.0438. The van der Waals surface area contributed by atoms with Crippen LogP contribution in [0.15, 0.2) is 35.5 Å². The number of carbonyl (C=O) groups excluding carboxylic acids is 1. The molecule has 1 aromatic heterocycles. The van der Waals surface area contributed by atoms with Crippen LogP contribution in [0.1, 0.15) is 10.4 Å². The summed E-state index contributed by atoms with van der Waals surface area (Å²) in [6.45, 7) is 0.571. The number of hydrogen-bond donors (Lipinski definition) is 1. The van der Waals surface area contributed by atoms with Crippen LogP contribution in [-0.2, 0) is 9.84 Å². The molecular weight excluding hydrogens is 413 g/mol. The predicted molar refractivity (Wildman–Crippen MR) is 87.9 cm³/mol. The molecule has 12 heteroatoms. The summed E-state index contributed by atoms with van der Waals surface area (Å²) in [5.41, 5.74) is -6.38. The van der Waals surface area contributed by atoms with E-state index in [4.69, 9.17) is 21.1 Å². The molecular formula is C15H10ClF3N2O5S. The predicted octanol–water partition coefficient (Wildman–Crippen LogP) is 3.05. The summed E-state index contributed by atoms with van der Waals surface area (Å²) in [7, 11) is -5.82. The van der Waals surface area contributed by atoms with Crippen molar-refractivity contribution in [3.63, 3.8) is 0 Å². The number of nitrogens with zero attached hydrogens (tertiary/aromatic N) is 1. The molecule has 1 aromatic carbocycles. The number of fused-ring (bicyclic) bond motifs is 1. The average Bonchev–Trinajstić information content (AvgIpc) is 2.61. The summed E-state index contributed by atoms with van der Waals surface area (Å²) in [4.78, 5) is 15.6. The van der Waals surface area contributed by atoms with Gasteiger partial charge in [-0.3, -0.25) is 4.79 Å². The molecule has 0 atom stereocenters. The molecule has 0 unspecified atom stereocenters. The molecule has 0 spiro atoms. The van der Waals surface area contributed by atoms with E-state index < -0.39 is 31.8 Å². The average molecular weight is 423 g/mol. The van der Waals surface area contributed by atoms with Crippen LogP contribution in [0.2, 0.25) is 5.02 Å². The maximum Gasteiger partial charge on any atom is 0.503 e. The third-order valence-corrected chi connectivity index (χ3v) is 5.21. The minimum absolute atomic E-state index is 0.00475. The summed E-state index contributed by atoms with van der Waals surface area (Å²) in [5.74, 6) is -0.522. The molecule has 27 heavy (non-hydrogen) atoms. The largest absolute Gasteiger partial charge is 0.503 e. The van der Waals surface area contributed by atoms with Crippen molar-refractivity contribution in [2.24, 2.45) is 0 Å². The Hall–Kier alpha value is -2.53. The minimum Gasteiger partial charge on any atom is -0.486 e. The van der Waals surface area contributed by atoms with E-state index >= 15 is 0 Å². The molecule has 1 N–H and O–H groups in total. The highest BCUT2D eigenvalue weighted by molar-refractivity contribution is 7.92. The Labute approximate surface area is 156 Å². The van der Waals surface area contributed by atoms with Gasteiger partial charge in [0.05, 0.1) is 16.3 Å². The van der Waals surface area contributed by atoms with Crippen LogP contribution in [0.3, 0.4) is 0 Å². The third-order valence-electron chi connectivity index (χ3n) is 3.46. The van der Waals surface area contributed by atoms with Crippen LogP contribution in [-0.4, -0.2) is 38.0 Å². The molecule has 1 aliphatic heterocycles. The lowest BCUT2D eigenvalue weighted by Crippen LogP contribution is -2.27. The van der Waals surface area contributed by atoms with E-state index in [9.17, 15) is 26.4 Å². The van der Waals surface area contributed by atoms with Gasteiger partial charge in [0.15, 0.2) is 16.5 Å². The van der Waals surface area contributed by atoms with Gasteiger partial charge in [-0.25, -0.2) is 13.4 Å². The van der Waals surface area contributed by atoms with Gasteiger partial charge < -0.3 is 14.8 Å². The highest BCUT2D eigenvalue weighted by Gasteiger charge is 2.49. The van der Waals surface area contributed by atoms with Crippen molar-refractivity contribution in [3.8, 4) is 11.5 Å². The fraction of sp³-hybridized carbons (Fsp3) is 0.200. The van der Waals surface area contributed by atoms with Crippen LogP contribution in [0.5, 0.6) is 11.5 Å². The number of anilines is 1. The van der Waals surface area contributed by atoms with Gasteiger partial charge in [0.2, 0.25) is 0 Å². The number of benzene rings is 1. The Morgan fingerprint density at radius 1 is 1.19 bits per heavy atom. The lowest BCUT2D eigenvalue weighted by Gasteiger charge is -2.20. The molecule has 0 fully saturated rings. The summed E-state index contributed by atoms with van der Waals surface area (Å²) in [6.07, 6.45) is 0.840. The first-order valence-electron chi connectivity index (χ1n) is 7.28. The van der Waals surface area contributed by atoms with E-state index in [-0.39, 0.29) is 23.1 Å². The Balaban J connectivity index is 1.97. The number of pyridine rings is 1. The molecule has 1 aliphatic rings. The second-order valence-electron chi connectivity index (χ2n) is 5.24. The van der Waals surface area contributed by atoms with Gasteiger partial charge in [0.25, 0.3) is 15.7 Å². The molecule has 0 radical (unpaired) electrons. The van der Waals surface area contributed by atoms with E-state index in [2.05, 4.69) is 10.3 Å². The number of ether oxygens (including phenoxy) is 2. The van der Waals surface area contributed by atoms with Crippen molar-refractivity contribution >= 4 is 33.0 Å². The number of aromatic nitrogens is 1. The Bertz CT molecular complexity index is 1010. The maximum absolute atomic E-state index is 12.8. The highest BCUT2D eigenvalue weighted by Crippen LogP contribution is 2.38. The third kappa shape index (κ3) is 3.65. The van der Waals surface area contributed by atoms with Crippen molar-refractivity contribution in [2.45, 2.75) is 10.5 Å². The molecule has 0 aliphatic carbocycles. The topological polar surface area (TPSA) is 94.6 Å². The van der Waals surface area contributed by atoms with E-state index in [0.29, 0.717) is 12.4 Å². The van der Waals surface area contributed by atoms with E-state index in [0.717, 1.165) is 18.3 Å². The number of halogens is 4. The van der Waals surface area contributed by atoms with Gasteiger partial charge in [-0.15, -0.1) is 0 Å². The van der Waals surface area contributed by atoms with Crippen molar-refractivity contribution < 1.29 is 35.9 Å². The Morgan fingerprint density at radius 3 is 2.44 bits per heavy atom. The van der Waals surface area contributed by atoms with Crippen LogP contribution < -0.4 is 14.8 Å². The second-order valence-corrected chi connectivity index (χ2v) is 7.50. The van der Waals surface area contributed by atoms with Gasteiger partial charge in [-0.2, -0.15) is 13.2 Å². The van der Waals surface area contributed by atoms with Gasteiger partial charge in [-0.05, 0) is 12.1 Å². The standard InChI is InChI=1S/C15H10ClF3N2O5S/c16-9-6-11-12(26-5-4-25-11)7-10(9)21-13(22)8-2-1-3-20-14(8)27(23,24)15(17,18)19/h1-3,6-7H,4-5H2,(H,21,22). The zero-order valence-corrected chi connectivity index (χ0v) is 14.8. The van der Waals surface area contributed by atoms with Crippen LogP contribution >= 0.6 is 11.6 Å². The van der Waals surface area contributed by atoms with Crippen LogP contribution in [0.4, 0.5) is 18.9 Å². The van der Waals surface area contributed by atoms with Crippen LogP contribution in [0, 0.1) is 0 Å². The fourth-order valence-corrected chi connectivity index (χ4v) is 3.31. The first-order chi connectivity index (χ1) is 12.6. The molecule has 7 nitrogen and oxygen atoms in total. The number of sulfone groups is 1. The van der Waals surface area contributed by atoms with Gasteiger partial charge in [0, 0.05) is 18.3 Å². The number of hydrogen-bond acceptors (Lipinski definition) is 6. The number of rotatable bonds is 3. The summed E-state index contributed by atoms with van der Waals surface area (Å²) in [5, 5.41) is 0.888. The number of alkyl halides is 3. The lowest BCUT2D eigenvalue weighted by atomic mass is 10.2. The molecule has 0 bridgehead atoms. The molecule has 2 heterocycles. The molecule has 3 rings (SSSR count). The zero-order chi connectivity index (χ0) is 19.8. The van der Waals surface area contributed by atoms with E-state index in [1.165, 1.54) is 12.1 Å². The summed E-state index contributed by atoms with van der Waals surface area (Å²) < 4.78 is 72.5. The summed E-state index contributed by atoms with van der Waals surface area (Å²) >= 11 is 6.03. The number of carbonyl (C=O) groups is 1. The molecule has 2 aromatic rings. The quantitative estimate of drug-likeness (QED) is 0.817. The van der Waals surface area contributed by atoms with Crippen molar-refractivity contribution in [1.82, 2.24) is 4.98 Å². The smallest absolute Gasteiger partial charge is 0.486 e. The Morgan fingerprint density at radius 2 is 1.81 bits per heavy atom. The van der Waals surface area contributed by atoms with Crippen LogP contribution in [0.25, 0.3) is 0 Å². The molecule has 1 amide bonds. The fourth-order valence-electron chi connectivity index (χ4n) is 2.24. The van der Waals surface area contributed by atoms with Gasteiger partial charge in [0.1, 0.15) is 13.2 Å². The summed E-state index contributed by atoms with van der Waals surface area (Å²) in [6, 6.07) is 4.73. The zero-order valence-electron chi connectivity index (χ0n) is 13.2. The monoisotopic (exact) mass is 422 g/mol.